The molecule has 2 saturated heterocycles. The quantitative estimate of drug-likeness (QED) is 0.448. The lowest BCUT2D eigenvalue weighted by atomic mass is 10.0. The van der Waals surface area contributed by atoms with E-state index in [0.29, 0.717) is 56.1 Å². The van der Waals surface area contributed by atoms with Gasteiger partial charge in [-0.25, -0.2) is 0 Å². The lowest BCUT2D eigenvalue weighted by Gasteiger charge is -2.04. The molecule has 0 unspecified atom stereocenters. The zero-order valence-electron chi connectivity index (χ0n) is 9.36. The van der Waals surface area contributed by atoms with E-state index in [1.54, 1.807) is 0 Å². The molecule has 6 heterocycles. The number of rotatable bonds is 0. The van der Waals surface area contributed by atoms with Crippen LogP contribution in [0.3, 0.4) is 0 Å². The van der Waals surface area contributed by atoms with Gasteiger partial charge in [-0.1, -0.05) is 0 Å². The van der Waals surface area contributed by atoms with Crippen LogP contribution < -0.4 is 5.43 Å². The van der Waals surface area contributed by atoms with Crippen LogP contribution in [0.2, 0.25) is 0 Å². The molecule has 2 fully saturated rings. The molecule has 0 saturated carbocycles. The standard InChI is InChI=1S/C13O7/c14-3-1-4(8-9(17-8)7-5(1)16-7)15-6-2(3)12-13(19-12,20-12)11-10(6)18-11. The van der Waals surface area contributed by atoms with Crippen LogP contribution in [0.5, 0.6) is 0 Å². The third-order valence-corrected chi connectivity index (χ3v) is 4.62. The summed E-state index contributed by atoms with van der Waals surface area (Å²) in [5.74, 6) is -0.263. The highest BCUT2D eigenvalue weighted by Crippen LogP contribution is 2.83. The molecule has 0 radical (unpaired) electrons. The smallest absolute Gasteiger partial charge is 0.299 e. The summed E-state index contributed by atoms with van der Waals surface area (Å²) in [5.41, 5.74) is 2.99. The molecule has 7 nitrogen and oxygen atoms in total. The van der Waals surface area contributed by atoms with E-state index in [1.165, 1.54) is 0 Å². The highest BCUT2D eigenvalue weighted by atomic mass is 17.1. The fourth-order valence-corrected chi connectivity index (χ4v) is 3.44. The highest BCUT2D eigenvalue weighted by molar-refractivity contribution is 6.23. The average molecular weight is 268 g/mol. The molecule has 3 aliphatic heterocycles. The Morgan fingerprint density at radius 1 is 0.800 bits per heavy atom. The molecule has 1 aromatic carbocycles. The Bertz CT molecular complexity index is 1240. The van der Waals surface area contributed by atoms with Gasteiger partial charge in [-0.05, 0) is 0 Å². The van der Waals surface area contributed by atoms with E-state index in [1.807, 2.05) is 0 Å². The average Bonchev–Trinajstić information content (AvgIpc) is 3.24. The molecule has 1 aliphatic carbocycles. The topological polar surface area (TPSA) is 94.1 Å². The molecule has 0 spiro atoms. The van der Waals surface area contributed by atoms with Gasteiger partial charge in [0.1, 0.15) is 10.9 Å². The normalized spacial score (nSPS) is 35.4. The predicted molar refractivity (Wildman–Crippen MR) is 59.0 cm³/mol. The Hall–Kier alpha value is -2.51. The van der Waals surface area contributed by atoms with E-state index < -0.39 is 11.6 Å². The van der Waals surface area contributed by atoms with Crippen molar-refractivity contribution in [2.24, 2.45) is 0 Å². The lowest BCUT2D eigenvalue weighted by molar-refractivity contribution is -0.0908. The minimum absolute atomic E-state index is 0.199. The summed E-state index contributed by atoms with van der Waals surface area (Å²) >= 11 is 0. The summed E-state index contributed by atoms with van der Waals surface area (Å²) in [6.07, 6.45) is 0. The van der Waals surface area contributed by atoms with Gasteiger partial charge in [-0.2, -0.15) is 0 Å². The van der Waals surface area contributed by atoms with Crippen LogP contribution in [0, 0.1) is 0 Å². The Kier molecular flexibility index (Phi) is 0.667. The summed E-state index contributed by atoms with van der Waals surface area (Å²) in [4.78, 5) is 12.8. The van der Waals surface area contributed by atoms with Crippen LogP contribution >= 0.6 is 0 Å². The van der Waals surface area contributed by atoms with Crippen molar-refractivity contribution in [1.82, 2.24) is 0 Å². The van der Waals surface area contributed by atoms with Gasteiger partial charge in [0.05, 0.1) is 0 Å². The number of ether oxygens (including phenoxy) is 3. The molecule has 8 rings (SSSR count). The van der Waals surface area contributed by atoms with E-state index in [9.17, 15) is 4.79 Å². The van der Waals surface area contributed by atoms with Crippen LogP contribution in [0.1, 0.15) is 11.3 Å². The number of epoxide rings is 2. The van der Waals surface area contributed by atoms with Crippen LogP contribution in [0.15, 0.2) is 23.8 Å². The second kappa shape index (κ2) is 1.68. The monoisotopic (exact) mass is 268 g/mol. The molecule has 0 N–H and O–H groups in total. The zero-order valence-corrected chi connectivity index (χ0v) is 9.36. The van der Waals surface area contributed by atoms with Gasteiger partial charge in [0.15, 0.2) is 16.9 Å². The number of fused-ring (bicyclic) bond motifs is 8. The highest BCUT2D eigenvalue weighted by Gasteiger charge is 3.01. The molecule has 0 bridgehead atoms. The lowest BCUT2D eigenvalue weighted by Crippen LogP contribution is -2.17. The van der Waals surface area contributed by atoms with Crippen molar-refractivity contribution in [2.75, 3.05) is 0 Å². The second-order valence-corrected chi connectivity index (χ2v) is 5.56. The van der Waals surface area contributed by atoms with Crippen molar-refractivity contribution >= 4 is 39.1 Å². The predicted octanol–water partition coefficient (Wildman–Crippen LogP) is 1.78. The van der Waals surface area contributed by atoms with E-state index >= 15 is 0 Å². The molecule has 0 amide bonds. The molecule has 94 valence electrons. The minimum atomic E-state index is -0.984. The Morgan fingerprint density at radius 3 is 2.35 bits per heavy atom. The molecule has 7 heteroatoms. The largest absolute Gasteiger partial charge is 0.448 e. The van der Waals surface area contributed by atoms with Gasteiger partial charge in [0, 0.05) is 0 Å². The summed E-state index contributed by atoms with van der Waals surface area (Å²) in [7, 11) is 0. The van der Waals surface area contributed by atoms with Crippen molar-refractivity contribution in [2.45, 2.75) is 11.6 Å². The zero-order chi connectivity index (χ0) is 12.6. The van der Waals surface area contributed by atoms with E-state index in [0.717, 1.165) is 0 Å². The fraction of sp³-hybridized carbons (Fsp3) is 0.154. The van der Waals surface area contributed by atoms with Gasteiger partial charge in [0.2, 0.25) is 33.7 Å². The molecule has 3 aromatic heterocycles. The molecular weight excluding hydrogens is 268 g/mol. The van der Waals surface area contributed by atoms with Crippen LogP contribution in [0.4, 0.5) is 0 Å². The summed E-state index contributed by atoms with van der Waals surface area (Å²) < 4.78 is 32.9. The first-order valence-electron chi connectivity index (χ1n) is 6.15. The number of benzene rings is 1. The third kappa shape index (κ3) is 0.502. The maximum Gasteiger partial charge on any atom is 0.299 e. The van der Waals surface area contributed by atoms with Gasteiger partial charge in [-0.15, -0.1) is 0 Å². The third-order valence-electron chi connectivity index (χ3n) is 4.62. The maximum absolute atomic E-state index is 12.8. The first kappa shape index (κ1) is 7.93. The van der Waals surface area contributed by atoms with E-state index in [-0.39, 0.29) is 5.43 Å². The first-order valence-corrected chi connectivity index (χ1v) is 6.15. The fourth-order valence-electron chi connectivity index (χ4n) is 3.44. The molecular formula is C13O7. The SMILES string of the molecule is O=c1c2c(oc3c4oc4c4oc4c13)C1=C(O1)C13OC21O3. The summed E-state index contributed by atoms with van der Waals surface area (Å²) in [6, 6.07) is 0. The van der Waals surface area contributed by atoms with Crippen molar-refractivity contribution in [3.8, 4) is 0 Å². The second-order valence-electron chi connectivity index (χ2n) is 5.56. The van der Waals surface area contributed by atoms with Crippen molar-refractivity contribution < 1.29 is 27.5 Å². The Balaban J connectivity index is 1.72. The Morgan fingerprint density at radius 2 is 1.50 bits per heavy atom. The van der Waals surface area contributed by atoms with Crippen molar-refractivity contribution in [3.05, 3.63) is 27.3 Å². The molecule has 4 aliphatic rings. The Labute approximate surface area is 106 Å². The van der Waals surface area contributed by atoms with E-state index in [2.05, 4.69) is 0 Å². The first-order chi connectivity index (χ1) is 9.75. The van der Waals surface area contributed by atoms with Crippen LogP contribution in [0.25, 0.3) is 39.1 Å². The number of hydrogen-bond acceptors (Lipinski definition) is 7. The molecule has 0 atom stereocenters. The van der Waals surface area contributed by atoms with Gasteiger partial charge in [0.25, 0.3) is 11.6 Å². The van der Waals surface area contributed by atoms with Crippen molar-refractivity contribution in [3.63, 3.8) is 0 Å². The van der Waals surface area contributed by atoms with Gasteiger partial charge >= 0.3 is 0 Å². The van der Waals surface area contributed by atoms with Crippen molar-refractivity contribution in [1.29, 1.82) is 0 Å². The van der Waals surface area contributed by atoms with Gasteiger partial charge < -0.3 is 18.0 Å². The summed E-state index contributed by atoms with van der Waals surface area (Å²) in [5, 5.41) is 0.397. The van der Waals surface area contributed by atoms with E-state index in [4.69, 9.17) is 27.5 Å². The molecule has 4 aromatic rings. The van der Waals surface area contributed by atoms with Gasteiger partial charge in [-0.3, -0.25) is 14.3 Å². The summed E-state index contributed by atoms with van der Waals surface area (Å²) in [6.45, 7) is 0. The van der Waals surface area contributed by atoms with Crippen LogP contribution in [-0.2, 0) is 20.0 Å². The number of hydrogen-bond donors (Lipinski definition) is 0. The minimum Gasteiger partial charge on any atom is -0.448 e. The van der Waals surface area contributed by atoms with Crippen LogP contribution in [-0.4, -0.2) is 5.79 Å². The molecule has 20 heavy (non-hydrogen) atoms. The maximum atomic E-state index is 12.8.